The van der Waals surface area contributed by atoms with E-state index in [9.17, 15) is 18.0 Å². The van der Waals surface area contributed by atoms with E-state index in [1.54, 1.807) is 42.5 Å². The lowest BCUT2D eigenvalue weighted by atomic mass is 10.1. The molecule has 2 aromatic rings. The maximum Gasteiger partial charge on any atom is 0.308 e. The monoisotopic (exact) mass is 416 g/mol. The highest BCUT2D eigenvalue weighted by Gasteiger charge is 2.15. The predicted molar refractivity (Wildman–Crippen MR) is 112 cm³/mol. The Morgan fingerprint density at radius 1 is 1.03 bits per heavy atom. The number of nitrogens with one attached hydrogen (secondary N) is 2. The Labute approximate surface area is 170 Å². The highest BCUT2D eigenvalue weighted by Crippen LogP contribution is 2.16. The second-order valence-electron chi connectivity index (χ2n) is 6.51. The molecule has 0 aliphatic rings. The number of hydrogen-bond donors (Lipinski definition) is 2. The first-order chi connectivity index (χ1) is 13.7. The summed E-state index contributed by atoms with van der Waals surface area (Å²) >= 11 is 0. The van der Waals surface area contributed by atoms with Gasteiger partial charge in [0.25, 0.3) is 11.8 Å². The van der Waals surface area contributed by atoms with E-state index in [0.29, 0.717) is 11.1 Å². The highest BCUT2D eigenvalue weighted by molar-refractivity contribution is 7.87. The summed E-state index contributed by atoms with van der Waals surface area (Å²) in [4.78, 5) is 25.0. The van der Waals surface area contributed by atoms with Crippen LogP contribution in [-0.4, -0.2) is 32.0 Å². The van der Waals surface area contributed by atoms with E-state index >= 15 is 0 Å². The van der Waals surface area contributed by atoms with Crippen molar-refractivity contribution in [3.63, 3.8) is 0 Å². The average Bonchev–Trinajstić information content (AvgIpc) is 2.68. The van der Waals surface area contributed by atoms with Crippen LogP contribution in [0.4, 0.5) is 0 Å². The number of rotatable bonds is 8. The van der Waals surface area contributed by atoms with Gasteiger partial charge in [-0.15, -0.1) is 0 Å². The molecule has 2 rings (SSSR count). The lowest BCUT2D eigenvalue weighted by Crippen LogP contribution is -2.38. The summed E-state index contributed by atoms with van der Waals surface area (Å²) in [6.45, 7) is 5.12. The highest BCUT2D eigenvalue weighted by atomic mass is 32.2. The Balaban J connectivity index is 2.26. The standard InChI is InChI=1S/C21H24N2O5S/c1-4-29(26,27)28-18-12-10-16(11-13-18)14-19(21(25)22-15(2)3)23-20(24)17-8-6-5-7-9-17/h5-15H,4H2,1-3H3,(H,22,25)(H,23,24). The fraction of sp³-hybridized carbons (Fsp3) is 0.238. The van der Waals surface area contributed by atoms with Gasteiger partial charge in [0, 0.05) is 11.6 Å². The number of carbonyl (C=O) groups is 2. The molecule has 0 fully saturated rings. The molecule has 0 spiro atoms. The molecule has 0 aliphatic heterocycles. The Bertz CT molecular complexity index is 981. The zero-order valence-electron chi connectivity index (χ0n) is 16.5. The van der Waals surface area contributed by atoms with Gasteiger partial charge in [0.1, 0.15) is 11.4 Å². The molecule has 7 nitrogen and oxygen atoms in total. The second kappa shape index (κ2) is 9.88. The van der Waals surface area contributed by atoms with E-state index < -0.39 is 21.9 Å². The topological polar surface area (TPSA) is 102 Å². The van der Waals surface area contributed by atoms with Crippen LogP contribution in [0.25, 0.3) is 6.08 Å². The van der Waals surface area contributed by atoms with E-state index in [-0.39, 0.29) is 23.2 Å². The van der Waals surface area contributed by atoms with Crippen LogP contribution in [0.2, 0.25) is 0 Å². The van der Waals surface area contributed by atoms with Crippen LogP contribution in [0.1, 0.15) is 36.7 Å². The molecule has 29 heavy (non-hydrogen) atoms. The molecule has 0 heterocycles. The van der Waals surface area contributed by atoms with Crippen molar-refractivity contribution in [1.29, 1.82) is 0 Å². The molecule has 8 heteroatoms. The first-order valence-corrected chi connectivity index (χ1v) is 10.7. The molecule has 0 saturated carbocycles. The van der Waals surface area contributed by atoms with Crippen LogP contribution in [0.15, 0.2) is 60.3 Å². The van der Waals surface area contributed by atoms with Gasteiger partial charge in [0.15, 0.2) is 0 Å². The minimum absolute atomic E-state index is 0.0717. The molecule has 154 valence electrons. The Morgan fingerprint density at radius 2 is 1.66 bits per heavy atom. The van der Waals surface area contributed by atoms with Crippen molar-refractivity contribution >= 4 is 28.0 Å². The summed E-state index contributed by atoms with van der Waals surface area (Å²) in [6.07, 6.45) is 1.51. The van der Waals surface area contributed by atoms with Crippen LogP contribution in [-0.2, 0) is 14.9 Å². The average molecular weight is 416 g/mol. The van der Waals surface area contributed by atoms with Crippen molar-refractivity contribution in [2.24, 2.45) is 0 Å². The van der Waals surface area contributed by atoms with Crippen LogP contribution in [0.5, 0.6) is 5.75 Å². The molecule has 0 radical (unpaired) electrons. The molecule has 2 N–H and O–H groups in total. The molecule has 0 unspecified atom stereocenters. The summed E-state index contributed by atoms with van der Waals surface area (Å²) in [6, 6.07) is 14.6. The summed E-state index contributed by atoms with van der Waals surface area (Å²) in [7, 11) is -3.62. The Morgan fingerprint density at radius 3 is 2.21 bits per heavy atom. The van der Waals surface area contributed by atoms with Crippen LogP contribution in [0, 0.1) is 0 Å². The Hall–Kier alpha value is -3.13. The third-order valence-corrected chi connectivity index (χ3v) is 4.87. The molecule has 0 aliphatic carbocycles. The van der Waals surface area contributed by atoms with E-state index in [0.717, 1.165) is 0 Å². The van der Waals surface area contributed by atoms with Gasteiger partial charge in [-0.1, -0.05) is 30.3 Å². The zero-order valence-corrected chi connectivity index (χ0v) is 17.3. The van der Waals surface area contributed by atoms with Gasteiger partial charge in [-0.25, -0.2) is 0 Å². The molecule has 0 saturated heterocycles. The summed E-state index contributed by atoms with van der Waals surface area (Å²) in [5, 5.41) is 5.38. The predicted octanol–water partition coefficient (Wildman–Crippen LogP) is 2.71. The van der Waals surface area contributed by atoms with E-state index in [4.69, 9.17) is 4.18 Å². The van der Waals surface area contributed by atoms with Crippen LogP contribution in [0.3, 0.4) is 0 Å². The normalized spacial score (nSPS) is 11.8. The lowest BCUT2D eigenvalue weighted by Gasteiger charge is -2.13. The third-order valence-electron chi connectivity index (χ3n) is 3.72. The quantitative estimate of drug-likeness (QED) is 0.509. The van der Waals surface area contributed by atoms with Gasteiger partial charge < -0.3 is 14.8 Å². The van der Waals surface area contributed by atoms with E-state index in [1.165, 1.54) is 25.1 Å². The van der Waals surface area contributed by atoms with E-state index in [2.05, 4.69) is 10.6 Å². The summed E-state index contributed by atoms with van der Waals surface area (Å²) in [5.41, 5.74) is 1.08. The van der Waals surface area contributed by atoms with Gasteiger partial charge in [0.05, 0.1) is 5.75 Å². The van der Waals surface area contributed by atoms with E-state index in [1.807, 2.05) is 13.8 Å². The van der Waals surface area contributed by atoms with Crippen molar-refractivity contribution in [2.45, 2.75) is 26.8 Å². The van der Waals surface area contributed by atoms with Crippen LogP contribution < -0.4 is 14.8 Å². The number of benzene rings is 2. The molecule has 0 bridgehead atoms. The van der Waals surface area contributed by atoms with Crippen molar-refractivity contribution in [3.8, 4) is 5.75 Å². The largest absolute Gasteiger partial charge is 0.382 e. The van der Waals surface area contributed by atoms with Crippen molar-refractivity contribution in [1.82, 2.24) is 10.6 Å². The van der Waals surface area contributed by atoms with Crippen LogP contribution >= 0.6 is 0 Å². The zero-order chi connectivity index (χ0) is 21.4. The fourth-order valence-electron chi connectivity index (χ4n) is 2.27. The first-order valence-electron chi connectivity index (χ1n) is 9.11. The minimum atomic E-state index is -3.62. The maximum absolute atomic E-state index is 12.5. The molecule has 0 atom stereocenters. The Kier molecular flexibility index (Phi) is 7.55. The number of carbonyl (C=O) groups excluding carboxylic acids is 2. The molecule has 2 aromatic carbocycles. The SMILES string of the molecule is CCS(=O)(=O)Oc1ccc(C=C(NC(=O)c2ccccc2)C(=O)NC(C)C)cc1. The van der Waals surface area contributed by atoms with Gasteiger partial charge >= 0.3 is 10.1 Å². The smallest absolute Gasteiger partial charge is 0.308 e. The summed E-state index contributed by atoms with van der Waals surface area (Å²) in [5.74, 6) is -0.812. The third kappa shape index (κ3) is 7.08. The van der Waals surface area contributed by atoms with Gasteiger partial charge in [-0.05, 0) is 56.7 Å². The maximum atomic E-state index is 12.5. The number of hydrogen-bond acceptors (Lipinski definition) is 5. The van der Waals surface area contributed by atoms with Crippen molar-refractivity contribution in [3.05, 3.63) is 71.4 Å². The first kappa shape index (κ1) is 22.2. The lowest BCUT2D eigenvalue weighted by molar-refractivity contribution is -0.118. The van der Waals surface area contributed by atoms with Crippen molar-refractivity contribution < 1.29 is 22.2 Å². The fourth-order valence-corrected chi connectivity index (χ4v) is 2.80. The van der Waals surface area contributed by atoms with Gasteiger partial charge in [-0.3, -0.25) is 9.59 Å². The molecule has 0 aromatic heterocycles. The minimum Gasteiger partial charge on any atom is -0.382 e. The van der Waals surface area contributed by atoms with Gasteiger partial charge in [-0.2, -0.15) is 8.42 Å². The van der Waals surface area contributed by atoms with Gasteiger partial charge in [0.2, 0.25) is 0 Å². The van der Waals surface area contributed by atoms with Crippen molar-refractivity contribution in [2.75, 3.05) is 5.75 Å². The second-order valence-corrected chi connectivity index (χ2v) is 8.36. The number of amides is 2. The molecular weight excluding hydrogens is 392 g/mol. The summed E-state index contributed by atoms with van der Waals surface area (Å²) < 4.78 is 28.0. The molecular formula is C21H24N2O5S. The molecule has 2 amide bonds.